The Bertz CT molecular complexity index is 746. The number of nitrogens with zero attached hydrogens (tertiary/aromatic N) is 2. The van der Waals surface area contributed by atoms with E-state index in [9.17, 15) is 10.1 Å². The van der Waals surface area contributed by atoms with E-state index in [0.717, 1.165) is 29.3 Å². The van der Waals surface area contributed by atoms with Gasteiger partial charge >= 0.3 is 6.09 Å². The van der Waals surface area contributed by atoms with Gasteiger partial charge in [0.2, 0.25) is 0 Å². The van der Waals surface area contributed by atoms with Crippen LogP contribution < -0.4 is 11.2 Å². The summed E-state index contributed by atoms with van der Waals surface area (Å²) in [5.74, 6) is 0.536. The number of nitriles is 1. The Hall–Kier alpha value is -1.91. The summed E-state index contributed by atoms with van der Waals surface area (Å²) >= 11 is 3.53. The Kier molecular flexibility index (Phi) is 5.11. The van der Waals surface area contributed by atoms with E-state index < -0.39 is 11.7 Å². The molecule has 1 aliphatic heterocycles. The van der Waals surface area contributed by atoms with Gasteiger partial charge in [-0.3, -0.25) is 0 Å². The van der Waals surface area contributed by atoms with Gasteiger partial charge in [0.25, 0.3) is 0 Å². The maximum atomic E-state index is 11.9. The van der Waals surface area contributed by atoms with Gasteiger partial charge in [-0.25, -0.2) is 10.2 Å². The summed E-state index contributed by atoms with van der Waals surface area (Å²) in [6.07, 6.45) is 3.73. The SMILES string of the molecule is C[C@H](N)CC1CCC2(CC1)OC(=O)NN=C2c1cc(C#N)ccc1Br. The first-order valence-corrected chi connectivity index (χ1v) is 9.25. The van der Waals surface area contributed by atoms with Crippen molar-refractivity contribution in [3.05, 3.63) is 33.8 Å². The third-order valence-corrected chi connectivity index (χ3v) is 5.64. The molecule has 2 aliphatic rings. The molecule has 132 valence electrons. The lowest BCUT2D eigenvalue weighted by Gasteiger charge is -2.42. The fourth-order valence-corrected chi connectivity index (χ4v) is 4.21. The van der Waals surface area contributed by atoms with Gasteiger partial charge in [-0.1, -0.05) is 15.9 Å². The molecule has 1 fully saturated rings. The second-order valence-corrected chi connectivity index (χ2v) is 7.77. The van der Waals surface area contributed by atoms with Crippen molar-refractivity contribution < 1.29 is 9.53 Å². The Morgan fingerprint density at radius 1 is 1.52 bits per heavy atom. The van der Waals surface area contributed by atoms with Gasteiger partial charge in [0, 0.05) is 16.1 Å². The fraction of sp³-hybridized carbons (Fsp3) is 0.500. The van der Waals surface area contributed by atoms with Crippen LogP contribution in [0.5, 0.6) is 0 Å². The van der Waals surface area contributed by atoms with E-state index in [2.05, 4.69) is 32.5 Å². The number of ether oxygens (including phenoxy) is 1. The van der Waals surface area contributed by atoms with Gasteiger partial charge in [-0.15, -0.1) is 0 Å². The van der Waals surface area contributed by atoms with Crippen molar-refractivity contribution in [3.8, 4) is 6.07 Å². The molecule has 1 aliphatic carbocycles. The molecule has 0 aromatic heterocycles. The average Bonchev–Trinajstić information content (AvgIpc) is 2.58. The Morgan fingerprint density at radius 3 is 2.88 bits per heavy atom. The number of hydrogen-bond acceptors (Lipinski definition) is 5. The molecule has 0 saturated heterocycles. The third kappa shape index (κ3) is 3.70. The Labute approximate surface area is 155 Å². The highest BCUT2D eigenvalue weighted by molar-refractivity contribution is 9.10. The van der Waals surface area contributed by atoms with E-state index in [1.165, 1.54) is 0 Å². The quantitative estimate of drug-likeness (QED) is 0.805. The number of amides is 1. The lowest BCUT2D eigenvalue weighted by Crippen LogP contribution is -2.52. The molecule has 1 heterocycles. The smallest absolute Gasteiger partial charge is 0.428 e. The van der Waals surface area contributed by atoms with Gasteiger partial charge in [0.1, 0.15) is 5.71 Å². The van der Waals surface area contributed by atoms with E-state index in [-0.39, 0.29) is 6.04 Å². The molecule has 0 radical (unpaired) electrons. The van der Waals surface area contributed by atoms with Crippen LogP contribution >= 0.6 is 15.9 Å². The van der Waals surface area contributed by atoms with E-state index >= 15 is 0 Å². The summed E-state index contributed by atoms with van der Waals surface area (Å²) in [4.78, 5) is 11.9. The highest BCUT2D eigenvalue weighted by Crippen LogP contribution is 2.41. The number of carbonyl (C=O) groups is 1. The van der Waals surface area contributed by atoms with Gasteiger partial charge in [-0.2, -0.15) is 10.4 Å². The van der Waals surface area contributed by atoms with Crippen molar-refractivity contribution in [1.29, 1.82) is 5.26 Å². The summed E-state index contributed by atoms with van der Waals surface area (Å²) in [5, 5.41) is 13.5. The average molecular weight is 405 g/mol. The maximum Gasteiger partial charge on any atom is 0.428 e. The zero-order chi connectivity index (χ0) is 18.0. The number of halogens is 1. The van der Waals surface area contributed by atoms with E-state index in [1.807, 2.05) is 13.0 Å². The number of hydrazone groups is 1. The molecule has 1 aromatic rings. The molecule has 1 amide bonds. The van der Waals surface area contributed by atoms with E-state index in [4.69, 9.17) is 10.5 Å². The first kappa shape index (κ1) is 17.9. The van der Waals surface area contributed by atoms with Gasteiger partial charge in [-0.05, 0) is 63.1 Å². The largest absolute Gasteiger partial charge is 0.435 e. The van der Waals surface area contributed by atoms with Crippen LogP contribution in [0.1, 0.15) is 50.2 Å². The molecule has 1 atom stereocenters. The molecule has 0 bridgehead atoms. The van der Waals surface area contributed by atoms with E-state index in [1.54, 1.807) is 12.1 Å². The van der Waals surface area contributed by atoms with Crippen molar-refractivity contribution in [3.63, 3.8) is 0 Å². The summed E-state index contributed by atoms with van der Waals surface area (Å²) < 4.78 is 6.57. The molecule has 25 heavy (non-hydrogen) atoms. The fourth-order valence-electron chi connectivity index (χ4n) is 3.78. The minimum atomic E-state index is -0.743. The second kappa shape index (κ2) is 7.14. The molecule has 6 nitrogen and oxygen atoms in total. The highest BCUT2D eigenvalue weighted by Gasteiger charge is 2.46. The van der Waals surface area contributed by atoms with Crippen molar-refractivity contribution >= 4 is 27.7 Å². The Morgan fingerprint density at radius 2 is 2.24 bits per heavy atom. The number of hydrogen-bond donors (Lipinski definition) is 2. The minimum Gasteiger partial charge on any atom is -0.435 e. The summed E-state index contributed by atoms with van der Waals surface area (Å²) in [5.41, 5.74) is 9.60. The van der Waals surface area contributed by atoms with Crippen LogP contribution in [-0.2, 0) is 4.74 Å². The number of nitrogens with two attached hydrogens (primary N) is 1. The van der Waals surface area contributed by atoms with Crippen LogP contribution in [0.15, 0.2) is 27.8 Å². The maximum absolute atomic E-state index is 11.9. The predicted octanol–water partition coefficient (Wildman–Crippen LogP) is 3.43. The molecule has 3 N–H and O–H groups in total. The lowest BCUT2D eigenvalue weighted by molar-refractivity contribution is 0.0158. The van der Waals surface area contributed by atoms with Gasteiger partial charge < -0.3 is 10.5 Å². The molecule has 1 spiro atoms. The van der Waals surface area contributed by atoms with Crippen LogP contribution in [0.3, 0.4) is 0 Å². The van der Waals surface area contributed by atoms with Crippen molar-refractivity contribution in [2.45, 2.75) is 50.7 Å². The summed E-state index contributed by atoms with van der Waals surface area (Å²) in [6.45, 7) is 2.02. The van der Waals surface area contributed by atoms with Crippen LogP contribution in [-0.4, -0.2) is 23.4 Å². The van der Waals surface area contributed by atoms with Gasteiger partial charge in [0.15, 0.2) is 5.60 Å². The minimum absolute atomic E-state index is 0.171. The highest BCUT2D eigenvalue weighted by atomic mass is 79.9. The predicted molar refractivity (Wildman–Crippen MR) is 98.0 cm³/mol. The Balaban J connectivity index is 1.93. The topological polar surface area (TPSA) is 100 Å². The summed E-state index contributed by atoms with van der Waals surface area (Å²) in [6, 6.07) is 7.65. The zero-order valence-corrected chi connectivity index (χ0v) is 15.7. The monoisotopic (exact) mass is 404 g/mol. The summed E-state index contributed by atoms with van der Waals surface area (Å²) in [7, 11) is 0. The van der Waals surface area contributed by atoms with Gasteiger partial charge in [0.05, 0.1) is 11.6 Å². The second-order valence-electron chi connectivity index (χ2n) is 6.92. The van der Waals surface area contributed by atoms with Crippen LogP contribution in [0, 0.1) is 17.2 Å². The first-order valence-electron chi connectivity index (χ1n) is 8.46. The molecule has 7 heteroatoms. The standard InChI is InChI=1S/C18H21BrN4O2/c1-11(21)8-12-4-6-18(7-5-12)16(22-23-17(24)25-18)14-9-13(10-20)2-3-15(14)19/h2-3,9,11-12H,4-8,21H2,1H3,(H,23,24)/t11-,12?,18?/m0/s1. The number of benzene rings is 1. The molecule has 1 saturated carbocycles. The normalized spacial score (nSPS) is 27.0. The number of carbonyl (C=O) groups excluding carboxylic acids is 1. The third-order valence-electron chi connectivity index (χ3n) is 4.95. The van der Waals surface area contributed by atoms with E-state index in [0.29, 0.717) is 30.0 Å². The number of rotatable bonds is 3. The van der Waals surface area contributed by atoms with Crippen LogP contribution in [0.4, 0.5) is 4.79 Å². The number of nitrogens with one attached hydrogen (secondary N) is 1. The molecular formula is C18H21BrN4O2. The zero-order valence-electron chi connectivity index (χ0n) is 14.1. The first-order chi connectivity index (χ1) is 11.9. The van der Waals surface area contributed by atoms with Crippen LogP contribution in [0.2, 0.25) is 0 Å². The molecular weight excluding hydrogens is 384 g/mol. The van der Waals surface area contributed by atoms with Crippen molar-refractivity contribution in [2.24, 2.45) is 16.8 Å². The molecule has 0 unspecified atom stereocenters. The molecule has 3 rings (SSSR count). The lowest BCUT2D eigenvalue weighted by atomic mass is 9.73. The van der Waals surface area contributed by atoms with Crippen LogP contribution in [0.25, 0.3) is 0 Å². The van der Waals surface area contributed by atoms with Crippen molar-refractivity contribution in [2.75, 3.05) is 0 Å². The molecule has 1 aromatic carbocycles. The van der Waals surface area contributed by atoms with Crippen molar-refractivity contribution in [1.82, 2.24) is 5.43 Å².